The Morgan fingerprint density at radius 3 is 1.55 bits per heavy atom. The number of likely N-dealkylation sites (tertiary alicyclic amines) is 1. The zero-order chi connectivity index (χ0) is 46.8. The van der Waals surface area contributed by atoms with E-state index >= 15 is 0 Å². The molecule has 3 aliphatic rings. The Hall–Kier alpha value is -5.30. The van der Waals surface area contributed by atoms with Gasteiger partial charge in [-0.05, 0) is 110 Å². The van der Waals surface area contributed by atoms with Crippen LogP contribution in [0.2, 0.25) is 0 Å². The van der Waals surface area contributed by atoms with E-state index in [2.05, 4.69) is 17.3 Å². The zero-order valence-electron chi connectivity index (χ0n) is 39.3. The number of esters is 3. The molecular formula is C51H72N4O9. The highest BCUT2D eigenvalue weighted by Crippen LogP contribution is 2.30. The number of carbonyl (C=O) groups is 6. The Morgan fingerprint density at radius 2 is 1.11 bits per heavy atom. The molecule has 0 spiro atoms. The maximum absolute atomic E-state index is 13.5. The minimum Gasteiger partial charge on any atom is -0.460 e. The molecular weight excluding hydrogens is 813 g/mol. The number of hydrogen-bond donors (Lipinski definition) is 1. The maximum Gasteiger partial charge on any atom is 0.307 e. The summed E-state index contributed by atoms with van der Waals surface area (Å²) in [4.78, 5) is 82.2. The maximum atomic E-state index is 13.5. The first kappa shape index (κ1) is 51.3. The van der Waals surface area contributed by atoms with E-state index in [1.54, 1.807) is 44.7 Å². The van der Waals surface area contributed by atoms with Crippen LogP contribution in [0.1, 0.15) is 122 Å². The van der Waals surface area contributed by atoms with Crippen molar-refractivity contribution in [2.75, 3.05) is 40.8 Å². The van der Waals surface area contributed by atoms with Gasteiger partial charge in [-0.1, -0.05) is 85.0 Å². The lowest BCUT2D eigenvalue weighted by molar-refractivity contribution is -0.160. The Kier molecular flexibility index (Phi) is 20.3. The van der Waals surface area contributed by atoms with Crippen LogP contribution < -0.4 is 5.32 Å². The average molecular weight is 885 g/mol. The summed E-state index contributed by atoms with van der Waals surface area (Å²) in [5, 5.41) is 3.07. The molecule has 0 aliphatic carbocycles. The van der Waals surface area contributed by atoms with E-state index in [-0.39, 0.29) is 61.4 Å². The Labute approximate surface area is 380 Å². The van der Waals surface area contributed by atoms with Gasteiger partial charge in [-0.25, -0.2) is 0 Å². The molecule has 0 aromatic heterocycles. The number of ether oxygens (including phenoxy) is 3. The van der Waals surface area contributed by atoms with Crippen molar-refractivity contribution < 1.29 is 43.0 Å². The van der Waals surface area contributed by atoms with Crippen LogP contribution in [0.25, 0.3) is 0 Å². The third-order valence-corrected chi connectivity index (χ3v) is 12.2. The lowest BCUT2D eigenvalue weighted by Crippen LogP contribution is -2.44. The number of amides is 3. The summed E-state index contributed by atoms with van der Waals surface area (Å²) < 4.78 is 17.0. The number of rotatable bonds is 8. The third-order valence-electron chi connectivity index (χ3n) is 12.2. The van der Waals surface area contributed by atoms with Gasteiger partial charge in [0.1, 0.15) is 17.8 Å². The fourth-order valence-electron chi connectivity index (χ4n) is 8.07. The van der Waals surface area contributed by atoms with Gasteiger partial charge in [0.05, 0.1) is 30.3 Å². The van der Waals surface area contributed by atoms with Crippen LogP contribution in [0.3, 0.4) is 0 Å². The van der Waals surface area contributed by atoms with Gasteiger partial charge in [-0.15, -0.1) is 0 Å². The molecule has 3 aliphatic heterocycles. The van der Waals surface area contributed by atoms with Crippen LogP contribution in [0.4, 0.5) is 0 Å². The van der Waals surface area contributed by atoms with E-state index in [0.717, 1.165) is 37.1 Å². The van der Waals surface area contributed by atoms with Crippen molar-refractivity contribution >= 4 is 35.6 Å². The molecule has 1 N–H and O–H groups in total. The molecule has 6 atom stereocenters. The summed E-state index contributed by atoms with van der Waals surface area (Å²) in [6.07, 6.45) is 11.2. The molecule has 0 saturated carbocycles. The molecule has 1 fully saturated rings. The van der Waals surface area contributed by atoms with Crippen molar-refractivity contribution in [2.24, 2.45) is 17.8 Å². The molecule has 0 bridgehead atoms. The highest BCUT2D eigenvalue weighted by atomic mass is 16.6. The van der Waals surface area contributed by atoms with Crippen LogP contribution in [-0.4, -0.2) is 109 Å². The number of piperidine rings is 1. The van der Waals surface area contributed by atoms with Gasteiger partial charge >= 0.3 is 17.9 Å². The topological polar surface area (TPSA) is 152 Å². The van der Waals surface area contributed by atoms with Crippen molar-refractivity contribution in [1.29, 1.82) is 0 Å². The molecule has 64 heavy (non-hydrogen) atoms. The van der Waals surface area contributed by atoms with Crippen molar-refractivity contribution in [2.45, 2.75) is 129 Å². The summed E-state index contributed by atoms with van der Waals surface area (Å²) >= 11 is 0. The summed E-state index contributed by atoms with van der Waals surface area (Å²) in [6, 6.07) is 18.2. The van der Waals surface area contributed by atoms with E-state index in [9.17, 15) is 28.8 Å². The minimum absolute atomic E-state index is 0.00724. The van der Waals surface area contributed by atoms with Crippen LogP contribution in [0, 0.1) is 17.8 Å². The van der Waals surface area contributed by atoms with E-state index in [1.807, 2.05) is 98.8 Å². The average Bonchev–Trinajstić information content (AvgIpc) is 3.27. The van der Waals surface area contributed by atoms with E-state index in [1.165, 1.54) is 0 Å². The first-order chi connectivity index (χ1) is 30.4. The van der Waals surface area contributed by atoms with E-state index in [4.69, 9.17) is 14.2 Å². The SMILES string of the molecule is C[C@H]1[C@@H](c2ccccc2)OC(=O)CCC=CC[C@@H](CC(=O)NCC2CCN(C)CC2)C(=O)N1C.C[C@H]1[C@@H](c2ccccc2)OC(=O)CCC=CC[C@@H](CC(=O)OC(C)(C)C)C(=O)N1C. The Bertz CT molecular complexity index is 1890. The Balaban J connectivity index is 0.000000283. The minimum atomic E-state index is -0.604. The molecule has 1 saturated heterocycles. The van der Waals surface area contributed by atoms with Gasteiger partial charge in [0.25, 0.3) is 0 Å². The van der Waals surface area contributed by atoms with Crippen molar-refractivity contribution in [3.05, 3.63) is 96.1 Å². The van der Waals surface area contributed by atoms with Gasteiger partial charge in [0.15, 0.2) is 0 Å². The fraction of sp³-hybridized carbons (Fsp3) is 0.569. The molecule has 5 rings (SSSR count). The lowest BCUT2D eigenvalue weighted by Gasteiger charge is -2.34. The second kappa shape index (κ2) is 25.3. The molecule has 0 radical (unpaired) electrons. The van der Waals surface area contributed by atoms with E-state index in [0.29, 0.717) is 38.1 Å². The number of nitrogens with zero attached hydrogens (tertiary/aromatic N) is 3. The van der Waals surface area contributed by atoms with Crippen molar-refractivity contribution in [1.82, 2.24) is 20.0 Å². The molecule has 2 aromatic rings. The molecule has 13 nitrogen and oxygen atoms in total. The number of allylic oxidation sites excluding steroid dienone is 4. The number of hydrogen-bond acceptors (Lipinski definition) is 10. The molecule has 0 unspecified atom stereocenters. The molecule has 13 heteroatoms. The third kappa shape index (κ3) is 16.7. The van der Waals surface area contributed by atoms with Gasteiger partial charge in [0.2, 0.25) is 17.7 Å². The quantitative estimate of drug-likeness (QED) is 0.160. The van der Waals surface area contributed by atoms with Gasteiger partial charge in [0, 0.05) is 39.9 Å². The predicted molar refractivity (Wildman–Crippen MR) is 246 cm³/mol. The summed E-state index contributed by atoms with van der Waals surface area (Å²) in [7, 11) is 5.54. The van der Waals surface area contributed by atoms with Crippen molar-refractivity contribution in [3.8, 4) is 0 Å². The molecule has 3 amide bonds. The fourth-order valence-corrected chi connectivity index (χ4v) is 8.07. The smallest absolute Gasteiger partial charge is 0.307 e. The number of carbonyl (C=O) groups excluding carboxylic acids is 6. The first-order valence-electron chi connectivity index (χ1n) is 22.9. The summed E-state index contributed by atoms with van der Waals surface area (Å²) in [5.74, 6) is -1.82. The van der Waals surface area contributed by atoms with Gasteiger partial charge in [-0.2, -0.15) is 0 Å². The van der Waals surface area contributed by atoms with Crippen molar-refractivity contribution in [3.63, 3.8) is 0 Å². The number of likely N-dealkylation sites (N-methyl/N-ethyl adjacent to an activating group) is 2. The largest absolute Gasteiger partial charge is 0.460 e. The van der Waals surface area contributed by atoms with Crippen LogP contribution >= 0.6 is 0 Å². The number of benzene rings is 2. The first-order valence-corrected chi connectivity index (χ1v) is 22.9. The second-order valence-corrected chi connectivity index (χ2v) is 18.5. The second-order valence-electron chi connectivity index (χ2n) is 18.5. The highest BCUT2D eigenvalue weighted by Gasteiger charge is 2.35. The number of cyclic esters (lactones) is 2. The van der Waals surface area contributed by atoms with Crippen LogP contribution in [0.5, 0.6) is 0 Å². The number of nitrogens with one attached hydrogen (secondary N) is 1. The lowest BCUT2D eigenvalue weighted by atomic mass is 9.95. The monoisotopic (exact) mass is 885 g/mol. The van der Waals surface area contributed by atoms with Gasteiger partial charge in [-0.3, -0.25) is 28.8 Å². The molecule has 3 heterocycles. The van der Waals surface area contributed by atoms with Gasteiger partial charge < -0.3 is 34.2 Å². The highest BCUT2D eigenvalue weighted by molar-refractivity contribution is 5.86. The molecule has 350 valence electrons. The van der Waals surface area contributed by atoms with Crippen LogP contribution in [-0.2, 0) is 43.0 Å². The zero-order valence-corrected chi connectivity index (χ0v) is 39.3. The summed E-state index contributed by atoms with van der Waals surface area (Å²) in [5.41, 5.74) is 1.07. The predicted octanol–water partition coefficient (Wildman–Crippen LogP) is 7.53. The normalized spacial score (nSPS) is 24.9. The van der Waals surface area contributed by atoms with Crippen LogP contribution in [0.15, 0.2) is 85.0 Å². The van der Waals surface area contributed by atoms with E-state index < -0.39 is 41.7 Å². The standard InChI is InChI=1S/C27H39N3O4.C24H33NO5/c1-20-26(22-10-6-4-7-11-22)34-25(32)13-9-5-8-12-23(27(33)30(20)3)18-24(31)28-19-21-14-16-29(2)17-15-21;1-17-22(18-12-8-6-9-13-18)29-20(26)15-11-7-10-14-19(23(28)25(17)5)16-21(27)30-24(2,3)4/h4-8,10-11,20-21,23,26H,9,12-19H2,1-3H3,(H,28,31);6-10,12-13,17,19,22H,11,14-16H2,1-5H3/t20-,23-,26-;17-,19-,22-/m00/s1. The Morgan fingerprint density at radius 1 is 0.672 bits per heavy atom. The summed E-state index contributed by atoms with van der Waals surface area (Å²) in [6.45, 7) is 11.9. The molecule has 2 aromatic carbocycles.